The van der Waals surface area contributed by atoms with E-state index in [9.17, 15) is 9.59 Å². The number of hydrogen-bond acceptors (Lipinski definition) is 4. The molecule has 1 saturated heterocycles. The summed E-state index contributed by atoms with van der Waals surface area (Å²) in [5.74, 6) is 0.544. The number of esters is 1. The Bertz CT molecular complexity index is 440. The number of methoxy groups -OCH3 is 1. The molecule has 1 aliphatic heterocycles. The summed E-state index contributed by atoms with van der Waals surface area (Å²) in [7, 11) is 1.42. The standard InChI is InChI=1S/C18H30N2O3/c1-23-16(21)11-15(13-5-3-2-4-6-13)20-17(22)14-12-18(14)7-9-19-10-8-18/h13-15,19H,2-12H2,1H3,(H,20,22). The second kappa shape index (κ2) is 7.20. The molecule has 130 valence electrons. The maximum absolute atomic E-state index is 12.7. The van der Waals surface area contributed by atoms with Gasteiger partial charge in [0, 0.05) is 12.0 Å². The zero-order valence-corrected chi connectivity index (χ0v) is 14.2. The van der Waals surface area contributed by atoms with Crippen molar-refractivity contribution in [2.24, 2.45) is 17.3 Å². The molecule has 3 fully saturated rings. The largest absolute Gasteiger partial charge is 0.469 e. The van der Waals surface area contributed by atoms with Crippen molar-refractivity contribution in [3.63, 3.8) is 0 Å². The number of nitrogens with one attached hydrogen (secondary N) is 2. The molecule has 0 bridgehead atoms. The average molecular weight is 322 g/mol. The quantitative estimate of drug-likeness (QED) is 0.760. The molecular weight excluding hydrogens is 292 g/mol. The number of carbonyl (C=O) groups is 2. The van der Waals surface area contributed by atoms with Crippen molar-refractivity contribution in [1.29, 1.82) is 0 Å². The van der Waals surface area contributed by atoms with Crippen LogP contribution in [-0.2, 0) is 14.3 Å². The van der Waals surface area contributed by atoms with Crippen LogP contribution < -0.4 is 10.6 Å². The van der Waals surface area contributed by atoms with Gasteiger partial charge in [0.2, 0.25) is 5.91 Å². The van der Waals surface area contributed by atoms with Crippen LogP contribution in [0.1, 0.15) is 57.8 Å². The lowest BCUT2D eigenvalue weighted by atomic mass is 9.82. The van der Waals surface area contributed by atoms with Crippen LogP contribution in [0.15, 0.2) is 0 Å². The second-order valence-corrected chi connectivity index (χ2v) is 7.66. The molecule has 0 aromatic carbocycles. The van der Waals surface area contributed by atoms with Gasteiger partial charge in [0.1, 0.15) is 0 Å². The van der Waals surface area contributed by atoms with E-state index in [0.29, 0.717) is 12.3 Å². The van der Waals surface area contributed by atoms with E-state index in [1.165, 1.54) is 26.4 Å². The van der Waals surface area contributed by atoms with Gasteiger partial charge in [-0.3, -0.25) is 9.59 Å². The number of rotatable bonds is 5. The highest BCUT2D eigenvalue weighted by Crippen LogP contribution is 2.58. The summed E-state index contributed by atoms with van der Waals surface area (Å²) < 4.78 is 4.84. The van der Waals surface area contributed by atoms with Gasteiger partial charge in [0.05, 0.1) is 13.5 Å². The first-order valence-electron chi connectivity index (χ1n) is 9.22. The van der Waals surface area contributed by atoms with Crippen LogP contribution in [-0.4, -0.2) is 38.1 Å². The normalized spacial score (nSPS) is 28.1. The third-order valence-corrected chi connectivity index (χ3v) is 6.27. The van der Waals surface area contributed by atoms with Gasteiger partial charge in [0.15, 0.2) is 0 Å². The van der Waals surface area contributed by atoms with Gasteiger partial charge in [0.25, 0.3) is 0 Å². The molecule has 5 nitrogen and oxygen atoms in total. The minimum absolute atomic E-state index is 0.0467. The smallest absolute Gasteiger partial charge is 0.307 e. The molecule has 23 heavy (non-hydrogen) atoms. The predicted octanol–water partition coefficient (Wildman–Crippen LogP) is 2.00. The summed E-state index contributed by atoms with van der Waals surface area (Å²) in [6, 6.07) is -0.0467. The Labute approximate surface area is 138 Å². The minimum Gasteiger partial charge on any atom is -0.469 e. The van der Waals surface area contributed by atoms with Gasteiger partial charge in [-0.1, -0.05) is 19.3 Å². The van der Waals surface area contributed by atoms with Gasteiger partial charge >= 0.3 is 5.97 Å². The van der Waals surface area contributed by atoms with Gasteiger partial charge in [-0.05, 0) is 56.5 Å². The van der Waals surface area contributed by atoms with Crippen LogP contribution >= 0.6 is 0 Å². The third kappa shape index (κ3) is 3.87. The molecule has 2 saturated carbocycles. The molecule has 1 amide bonds. The van der Waals surface area contributed by atoms with Crippen molar-refractivity contribution in [3.05, 3.63) is 0 Å². The lowest BCUT2D eigenvalue weighted by Crippen LogP contribution is -2.44. The van der Waals surface area contributed by atoms with E-state index in [2.05, 4.69) is 10.6 Å². The molecular formula is C18H30N2O3. The Kier molecular flexibility index (Phi) is 5.24. The molecule has 2 N–H and O–H groups in total. The van der Waals surface area contributed by atoms with Crippen LogP contribution in [0, 0.1) is 17.3 Å². The second-order valence-electron chi connectivity index (χ2n) is 7.66. The topological polar surface area (TPSA) is 67.4 Å². The Morgan fingerprint density at radius 1 is 1.22 bits per heavy atom. The summed E-state index contributed by atoms with van der Waals surface area (Å²) >= 11 is 0. The van der Waals surface area contributed by atoms with E-state index in [1.807, 2.05) is 0 Å². The maximum Gasteiger partial charge on any atom is 0.307 e. The van der Waals surface area contributed by atoms with Crippen molar-refractivity contribution < 1.29 is 14.3 Å². The number of hydrogen-bond donors (Lipinski definition) is 2. The van der Waals surface area contributed by atoms with E-state index >= 15 is 0 Å². The molecule has 0 radical (unpaired) electrons. The molecule has 5 heteroatoms. The van der Waals surface area contributed by atoms with E-state index in [1.54, 1.807) is 0 Å². The van der Waals surface area contributed by atoms with Crippen LogP contribution in [0.2, 0.25) is 0 Å². The fourth-order valence-corrected chi connectivity index (χ4v) is 4.61. The van der Waals surface area contributed by atoms with Gasteiger partial charge in [-0.25, -0.2) is 0 Å². The van der Waals surface area contributed by atoms with Gasteiger partial charge in [-0.15, -0.1) is 0 Å². The van der Waals surface area contributed by atoms with Crippen LogP contribution in [0.25, 0.3) is 0 Å². The van der Waals surface area contributed by atoms with Gasteiger partial charge < -0.3 is 15.4 Å². The Morgan fingerprint density at radius 2 is 1.91 bits per heavy atom. The minimum atomic E-state index is -0.215. The highest BCUT2D eigenvalue weighted by Gasteiger charge is 2.57. The first-order chi connectivity index (χ1) is 11.1. The van der Waals surface area contributed by atoms with E-state index in [4.69, 9.17) is 4.74 Å². The molecule has 3 rings (SSSR count). The monoisotopic (exact) mass is 322 g/mol. The fourth-order valence-electron chi connectivity index (χ4n) is 4.61. The van der Waals surface area contributed by atoms with Crippen LogP contribution in [0.5, 0.6) is 0 Å². The Balaban J connectivity index is 1.58. The maximum atomic E-state index is 12.7. The van der Waals surface area contributed by atoms with Gasteiger partial charge in [-0.2, -0.15) is 0 Å². The van der Waals surface area contributed by atoms with Crippen LogP contribution in [0.3, 0.4) is 0 Å². The van der Waals surface area contributed by atoms with Crippen molar-refractivity contribution in [2.75, 3.05) is 20.2 Å². The SMILES string of the molecule is COC(=O)CC(NC(=O)C1CC12CCNCC2)C1CCCCC1. The molecule has 2 aliphatic carbocycles. The van der Waals surface area contributed by atoms with Crippen LogP contribution in [0.4, 0.5) is 0 Å². The highest BCUT2D eigenvalue weighted by molar-refractivity contribution is 5.83. The molecule has 0 aromatic heterocycles. The summed E-state index contributed by atoms with van der Waals surface area (Å²) in [6.45, 7) is 2.05. The van der Waals surface area contributed by atoms with Crippen molar-refractivity contribution in [2.45, 2.75) is 63.8 Å². The zero-order valence-electron chi connectivity index (χ0n) is 14.2. The number of ether oxygens (including phenoxy) is 1. The lowest BCUT2D eigenvalue weighted by molar-refractivity contribution is -0.141. The third-order valence-electron chi connectivity index (χ3n) is 6.27. The highest BCUT2D eigenvalue weighted by atomic mass is 16.5. The lowest BCUT2D eigenvalue weighted by Gasteiger charge is -2.31. The summed E-state index contributed by atoms with van der Waals surface area (Å²) in [5.41, 5.74) is 0.248. The first kappa shape index (κ1) is 16.7. The molecule has 2 atom stereocenters. The molecule has 1 heterocycles. The zero-order chi connectivity index (χ0) is 16.3. The molecule has 0 aromatic rings. The summed E-state index contributed by atoms with van der Waals surface area (Å²) in [4.78, 5) is 24.5. The average Bonchev–Trinajstić information content (AvgIpc) is 3.28. The predicted molar refractivity (Wildman–Crippen MR) is 87.8 cm³/mol. The van der Waals surface area contributed by atoms with Crippen molar-refractivity contribution in [1.82, 2.24) is 10.6 Å². The Morgan fingerprint density at radius 3 is 2.57 bits per heavy atom. The molecule has 3 aliphatic rings. The molecule has 1 spiro atoms. The summed E-state index contributed by atoms with van der Waals surface area (Å²) in [5, 5.41) is 6.60. The number of piperidine rings is 1. The van der Waals surface area contributed by atoms with Crippen molar-refractivity contribution in [3.8, 4) is 0 Å². The number of carbonyl (C=O) groups excluding carboxylic acids is 2. The van der Waals surface area contributed by atoms with E-state index < -0.39 is 0 Å². The molecule has 2 unspecified atom stereocenters. The fraction of sp³-hybridized carbons (Fsp3) is 0.889. The van der Waals surface area contributed by atoms with Crippen molar-refractivity contribution >= 4 is 11.9 Å². The van der Waals surface area contributed by atoms with E-state index in [-0.39, 0.29) is 29.3 Å². The Hall–Kier alpha value is -1.10. The first-order valence-corrected chi connectivity index (χ1v) is 9.22. The van der Waals surface area contributed by atoms with E-state index in [0.717, 1.165) is 45.2 Å². The summed E-state index contributed by atoms with van der Waals surface area (Å²) in [6.07, 6.45) is 9.46. The number of amides is 1.